The molecule has 2 saturated heterocycles. The summed E-state index contributed by atoms with van der Waals surface area (Å²) in [5.41, 5.74) is 0. The summed E-state index contributed by atoms with van der Waals surface area (Å²) < 4.78 is 10.6. The molecular formula is C11H17N5O4. The molecule has 0 aliphatic carbocycles. The van der Waals surface area contributed by atoms with Crippen LogP contribution in [0.25, 0.3) is 0 Å². The number of anilines is 2. The molecule has 0 radical (unpaired) electrons. The normalized spacial score (nSPS) is 20.1. The number of hydrogen-bond donors (Lipinski definition) is 1. The van der Waals surface area contributed by atoms with Crippen LogP contribution in [-0.4, -0.2) is 72.8 Å². The molecule has 2 fully saturated rings. The molecule has 9 nitrogen and oxygen atoms in total. The van der Waals surface area contributed by atoms with Crippen LogP contribution in [0.5, 0.6) is 6.01 Å². The SMILES string of the molecule is OOc1nc(N2CCOCC2)nc(N2CCOCC2)n1. The van der Waals surface area contributed by atoms with Crippen LogP contribution in [-0.2, 0) is 9.47 Å². The van der Waals surface area contributed by atoms with Crippen LogP contribution in [0.3, 0.4) is 0 Å². The van der Waals surface area contributed by atoms with Crippen LogP contribution in [0.4, 0.5) is 11.9 Å². The zero-order valence-corrected chi connectivity index (χ0v) is 11.1. The lowest BCUT2D eigenvalue weighted by molar-refractivity contribution is -0.145. The van der Waals surface area contributed by atoms with Crippen molar-refractivity contribution < 1.29 is 19.6 Å². The van der Waals surface area contributed by atoms with Gasteiger partial charge >= 0.3 is 6.01 Å². The summed E-state index contributed by atoms with van der Waals surface area (Å²) in [6.07, 6.45) is 0. The van der Waals surface area contributed by atoms with Crippen molar-refractivity contribution in [1.82, 2.24) is 15.0 Å². The molecule has 9 heteroatoms. The first-order chi connectivity index (χ1) is 9.86. The van der Waals surface area contributed by atoms with E-state index >= 15 is 0 Å². The van der Waals surface area contributed by atoms with Gasteiger partial charge in [0, 0.05) is 26.2 Å². The third-order valence-corrected chi connectivity index (χ3v) is 3.26. The lowest BCUT2D eigenvalue weighted by atomic mass is 10.4. The molecule has 3 rings (SSSR count). The molecule has 3 heterocycles. The first kappa shape index (κ1) is 13.3. The standard InChI is InChI=1S/C11H17N5O4/c17-20-11-13-9(15-1-5-18-6-2-15)12-10(14-11)16-3-7-19-8-4-16/h17H,1-8H2. The van der Waals surface area contributed by atoms with Crippen LogP contribution < -0.4 is 14.7 Å². The van der Waals surface area contributed by atoms with Crippen LogP contribution in [0.2, 0.25) is 0 Å². The Kier molecular flexibility index (Phi) is 4.09. The Morgan fingerprint density at radius 3 is 1.65 bits per heavy atom. The second-order valence-corrected chi connectivity index (χ2v) is 4.51. The van der Waals surface area contributed by atoms with Crippen molar-refractivity contribution in [2.75, 3.05) is 62.4 Å². The molecule has 0 bridgehead atoms. The molecule has 0 spiro atoms. The van der Waals surface area contributed by atoms with E-state index in [2.05, 4.69) is 19.8 Å². The summed E-state index contributed by atoms with van der Waals surface area (Å²) in [5, 5.41) is 8.84. The van der Waals surface area contributed by atoms with Gasteiger partial charge in [-0.2, -0.15) is 20.2 Å². The number of aromatic nitrogens is 3. The number of ether oxygens (including phenoxy) is 2. The second-order valence-electron chi connectivity index (χ2n) is 4.51. The average molecular weight is 283 g/mol. The smallest absolute Gasteiger partial charge is 0.359 e. The minimum Gasteiger partial charge on any atom is -0.378 e. The molecular weight excluding hydrogens is 266 g/mol. The lowest BCUT2D eigenvalue weighted by Gasteiger charge is -2.29. The maximum Gasteiger partial charge on any atom is 0.359 e. The van der Waals surface area contributed by atoms with E-state index in [0.29, 0.717) is 64.5 Å². The summed E-state index contributed by atoms with van der Waals surface area (Å²) in [5.74, 6) is 0.989. The number of hydrogen-bond acceptors (Lipinski definition) is 9. The maximum atomic E-state index is 8.84. The largest absolute Gasteiger partial charge is 0.378 e. The van der Waals surface area contributed by atoms with Crippen molar-refractivity contribution >= 4 is 11.9 Å². The highest BCUT2D eigenvalue weighted by Gasteiger charge is 2.21. The second kappa shape index (κ2) is 6.16. The molecule has 0 atom stereocenters. The minimum absolute atomic E-state index is 0.0945. The predicted molar refractivity (Wildman–Crippen MR) is 69.1 cm³/mol. The van der Waals surface area contributed by atoms with Crippen molar-refractivity contribution in [1.29, 1.82) is 0 Å². The van der Waals surface area contributed by atoms with E-state index in [1.807, 2.05) is 9.80 Å². The van der Waals surface area contributed by atoms with Crippen molar-refractivity contribution in [2.45, 2.75) is 0 Å². The van der Waals surface area contributed by atoms with E-state index in [-0.39, 0.29) is 6.01 Å². The predicted octanol–water partition coefficient (Wildman–Crippen LogP) is -0.603. The van der Waals surface area contributed by atoms with Crippen LogP contribution >= 0.6 is 0 Å². The van der Waals surface area contributed by atoms with Crippen LogP contribution in [0, 0.1) is 0 Å². The van der Waals surface area contributed by atoms with Gasteiger partial charge in [0.15, 0.2) is 0 Å². The quantitative estimate of drug-likeness (QED) is 0.576. The highest BCUT2D eigenvalue weighted by Crippen LogP contribution is 2.19. The molecule has 0 aromatic carbocycles. The Balaban J connectivity index is 1.85. The molecule has 1 aromatic heterocycles. The minimum atomic E-state index is -0.0945. The number of morpholine rings is 2. The zero-order valence-electron chi connectivity index (χ0n) is 11.1. The van der Waals surface area contributed by atoms with E-state index < -0.39 is 0 Å². The Morgan fingerprint density at radius 1 is 0.800 bits per heavy atom. The molecule has 0 saturated carbocycles. The van der Waals surface area contributed by atoms with Gasteiger partial charge in [-0.25, -0.2) is 0 Å². The molecule has 0 amide bonds. The van der Waals surface area contributed by atoms with E-state index in [0.717, 1.165) is 0 Å². The molecule has 110 valence electrons. The van der Waals surface area contributed by atoms with Crippen molar-refractivity contribution in [3.63, 3.8) is 0 Å². The van der Waals surface area contributed by atoms with Gasteiger partial charge in [0.2, 0.25) is 11.9 Å². The van der Waals surface area contributed by atoms with Crippen molar-refractivity contribution in [2.24, 2.45) is 0 Å². The van der Waals surface area contributed by atoms with Gasteiger partial charge in [-0.05, 0) is 0 Å². The lowest BCUT2D eigenvalue weighted by Crippen LogP contribution is -2.40. The fourth-order valence-corrected chi connectivity index (χ4v) is 2.19. The summed E-state index contributed by atoms with van der Waals surface area (Å²) in [6.45, 7) is 5.35. The maximum absolute atomic E-state index is 8.84. The molecule has 2 aliphatic heterocycles. The third kappa shape index (κ3) is 2.89. The van der Waals surface area contributed by atoms with E-state index in [1.54, 1.807) is 0 Å². The Hall–Kier alpha value is -1.71. The van der Waals surface area contributed by atoms with Crippen LogP contribution in [0.15, 0.2) is 0 Å². The van der Waals surface area contributed by atoms with E-state index in [1.165, 1.54) is 0 Å². The number of nitrogens with zero attached hydrogens (tertiary/aromatic N) is 5. The Morgan fingerprint density at radius 2 is 1.25 bits per heavy atom. The molecule has 0 unspecified atom stereocenters. The van der Waals surface area contributed by atoms with Gasteiger partial charge in [0.05, 0.1) is 26.4 Å². The fraction of sp³-hybridized carbons (Fsp3) is 0.727. The number of rotatable bonds is 3. The van der Waals surface area contributed by atoms with Crippen molar-refractivity contribution in [3.8, 4) is 6.01 Å². The Bertz CT molecular complexity index is 412. The third-order valence-electron chi connectivity index (χ3n) is 3.26. The summed E-state index contributed by atoms with van der Waals surface area (Å²) in [7, 11) is 0. The molecule has 20 heavy (non-hydrogen) atoms. The summed E-state index contributed by atoms with van der Waals surface area (Å²) in [4.78, 5) is 20.8. The molecule has 2 aliphatic rings. The van der Waals surface area contributed by atoms with Gasteiger partial charge in [-0.15, -0.1) is 0 Å². The first-order valence-corrected chi connectivity index (χ1v) is 6.60. The van der Waals surface area contributed by atoms with Gasteiger partial charge in [-0.1, -0.05) is 0 Å². The molecule has 1 aromatic rings. The highest BCUT2D eigenvalue weighted by atomic mass is 17.1. The van der Waals surface area contributed by atoms with Crippen molar-refractivity contribution in [3.05, 3.63) is 0 Å². The van der Waals surface area contributed by atoms with Gasteiger partial charge in [-0.3, -0.25) is 4.89 Å². The van der Waals surface area contributed by atoms with E-state index in [4.69, 9.17) is 14.7 Å². The monoisotopic (exact) mass is 283 g/mol. The summed E-state index contributed by atoms with van der Waals surface area (Å²) in [6, 6.07) is -0.0945. The highest BCUT2D eigenvalue weighted by molar-refractivity contribution is 5.40. The fourth-order valence-electron chi connectivity index (χ4n) is 2.19. The van der Waals surface area contributed by atoms with Gasteiger partial charge in [0.25, 0.3) is 0 Å². The van der Waals surface area contributed by atoms with Crippen LogP contribution in [0.1, 0.15) is 0 Å². The molecule has 1 N–H and O–H groups in total. The van der Waals surface area contributed by atoms with Gasteiger partial charge in [0.1, 0.15) is 0 Å². The van der Waals surface area contributed by atoms with E-state index in [9.17, 15) is 0 Å². The topological polar surface area (TPSA) is 93.1 Å². The zero-order chi connectivity index (χ0) is 13.8. The summed E-state index contributed by atoms with van der Waals surface area (Å²) >= 11 is 0. The Labute approximate surface area is 116 Å². The average Bonchev–Trinajstić information content (AvgIpc) is 2.56. The first-order valence-electron chi connectivity index (χ1n) is 6.60. The van der Waals surface area contributed by atoms with Gasteiger partial charge < -0.3 is 19.3 Å².